The van der Waals surface area contributed by atoms with Gasteiger partial charge in [-0.25, -0.2) is 0 Å². The topological polar surface area (TPSA) is 9.23 Å². The molecule has 58 heavy (non-hydrogen) atoms. The smallest absolute Gasteiger partial charge is 0.0796 e. The Morgan fingerprint density at radius 3 is 2.59 bits per heavy atom. The van der Waals surface area contributed by atoms with E-state index in [9.17, 15) is 0 Å². The first kappa shape index (κ1) is 36.8. The Bertz CT molecular complexity index is 2130. The molecule has 2 heterocycles. The number of allylic oxidation sites excluding steroid dienone is 18. The third-order valence-electron chi connectivity index (χ3n) is 17.4. The van der Waals surface area contributed by atoms with Gasteiger partial charge in [0, 0.05) is 27.8 Å². The second-order valence-corrected chi connectivity index (χ2v) is 21.6. The third kappa shape index (κ3) is 5.95. The fourth-order valence-corrected chi connectivity index (χ4v) is 17.0. The summed E-state index contributed by atoms with van der Waals surface area (Å²) in [6.07, 6.45) is 60.4. The van der Waals surface area contributed by atoms with E-state index in [2.05, 4.69) is 121 Å². The van der Waals surface area contributed by atoms with E-state index in [1.165, 1.54) is 108 Å². The van der Waals surface area contributed by atoms with Gasteiger partial charge in [0.05, 0.1) is 12.2 Å². The zero-order valence-electron chi connectivity index (χ0n) is 34.7. The first-order chi connectivity index (χ1) is 28.7. The SMILES string of the molecule is C1=CC(C2C=CCCC2/C(=C\c2ccc3c(c2)C2(C4C=CC5=C(C=CCC5)C34)C3CCC=CC3OC3CCCCC32)CC2=CC3C(CC2)SC2CCC=CC23)=CCC1. The molecule has 12 rings (SSSR count). The van der Waals surface area contributed by atoms with Gasteiger partial charge in [0.1, 0.15) is 0 Å². The van der Waals surface area contributed by atoms with Crippen molar-refractivity contribution in [2.45, 2.75) is 143 Å². The van der Waals surface area contributed by atoms with Crippen molar-refractivity contribution in [3.8, 4) is 0 Å². The Morgan fingerprint density at radius 1 is 0.741 bits per heavy atom. The Hall–Kier alpha value is -3.07. The van der Waals surface area contributed by atoms with Gasteiger partial charge in [-0.05, 0) is 165 Å². The van der Waals surface area contributed by atoms with Crippen LogP contribution in [0.1, 0.15) is 132 Å². The first-order valence-electron chi connectivity index (χ1n) is 24.0. The van der Waals surface area contributed by atoms with Crippen molar-refractivity contribution >= 4 is 17.8 Å². The molecule has 1 nitrogen and oxygen atoms in total. The van der Waals surface area contributed by atoms with Crippen LogP contribution < -0.4 is 0 Å². The standard InChI is InChI=1S/C56H64OS/c1-2-14-38(15-3-1)41-17-6-7-18-42(41)40(32-36-27-31-54-46(34-36)44-20-8-13-25-53(44)58-54)33-37-26-29-45-50(35-37)56(49-30-28-39-16-4-5-19-43(39)55(45)49)47-21-9-11-23-51(47)57-52-24-12-10-22-48(52)56/h2,5-6,8,11,14-15,17,19-20,23,26,28-30,33-35,41-42,44,46-49,51-55H,1,3-4,7,9-10,12-13,16,18,21-22,24-25,27,31-32H2/b40-33-. The Balaban J connectivity index is 1.00. The molecule has 1 aromatic rings. The number of rotatable bonds is 5. The van der Waals surface area contributed by atoms with Crippen molar-refractivity contribution < 1.29 is 4.74 Å². The molecule has 11 aliphatic rings. The lowest BCUT2D eigenvalue weighted by molar-refractivity contribution is -0.167. The van der Waals surface area contributed by atoms with Gasteiger partial charge in [-0.1, -0.05) is 133 Å². The Kier molecular flexibility index (Phi) is 9.59. The number of hydrogen-bond acceptors (Lipinski definition) is 2. The molecule has 0 N–H and O–H groups in total. The van der Waals surface area contributed by atoms with E-state index in [0.717, 1.165) is 28.8 Å². The quantitative estimate of drug-likeness (QED) is 0.275. The summed E-state index contributed by atoms with van der Waals surface area (Å²) >= 11 is 2.34. The van der Waals surface area contributed by atoms with Crippen LogP contribution in [-0.4, -0.2) is 22.7 Å². The maximum Gasteiger partial charge on any atom is 0.0796 e. The predicted octanol–water partition coefficient (Wildman–Crippen LogP) is 14.2. The molecule has 2 aliphatic heterocycles. The van der Waals surface area contributed by atoms with E-state index in [-0.39, 0.29) is 11.5 Å². The average Bonchev–Trinajstić information content (AvgIpc) is 3.80. The van der Waals surface area contributed by atoms with Crippen molar-refractivity contribution in [3.63, 3.8) is 0 Å². The van der Waals surface area contributed by atoms with Crippen molar-refractivity contribution in [2.75, 3.05) is 0 Å². The van der Waals surface area contributed by atoms with Gasteiger partial charge in [0.15, 0.2) is 0 Å². The first-order valence-corrected chi connectivity index (χ1v) is 25.0. The van der Waals surface area contributed by atoms with Crippen LogP contribution in [0, 0.1) is 41.4 Å². The Morgan fingerprint density at radius 2 is 1.62 bits per heavy atom. The highest BCUT2D eigenvalue weighted by molar-refractivity contribution is 8.00. The van der Waals surface area contributed by atoms with E-state index in [1.54, 1.807) is 39.0 Å². The highest BCUT2D eigenvalue weighted by Gasteiger charge is 2.65. The van der Waals surface area contributed by atoms with Crippen molar-refractivity contribution in [1.29, 1.82) is 0 Å². The van der Waals surface area contributed by atoms with Gasteiger partial charge in [-0.2, -0.15) is 11.8 Å². The van der Waals surface area contributed by atoms with E-state index in [0.29, 0.717) is 41.6 Å². The van der Waals surface area contributed by atoms with Crippen LogP contribution in [0.2, 0.25) is 0 Å². The fourth-order valence-electron chi connectivity index (χ4n) is 15.1. The van der Waals surface area contributed by atoms with Gasteiger partial charge < -0.3 is 4.74 Å². The molecule has 13 atom stereocenters. The van der Waals surface area contributed by atoms with E-state index >= 15 is 0 Å². The summed E-state index contributed by atoms with van der Waals surface area (Å²) in [5, 5.41) is 1.66. The maximum atomic E-state index is 7.20. The second kappa shape index (κ2) is 15.1. The number of fused-ring (bicyclic) bond motifs is 13. The van der Waals surface area contributed by atoms with Gasteiger partial charge >= 0.3 is 0 Å². The molecule has 1 spiro atoms. The molecule has 3 fully saturated rings. The molecule has 2 heteroatoms. The van der Waals surface area contributed by atoms with E-state index in [4.69, 9.17) is 4.74 Å². The summed E-state index contributed by atoms with van der Waals surface area (Å²) in [7, 11) is 0. The van der Waals surface area contributed by atoms with Gasteiger partial charge in [-0.15, -0.1) is 0 Å². The maximum absolute atomic E-state index is 7.20. The number of benzene rings is 1. The monoisotopic (exact) mass is 784 g/mol. The zero-order valence-corrected chi connectivity index (χ0v) is 35.5. The van der Waals surface area contributed by atoms with Crippen LogP contribution in [0.3, 0.4) is 0 Å². The van der Waals surface area contributed by atoms with Crippen LogP contribution in [0.5, 0.6) is 0 Å². The normalized spacial score (nSPS) is 41.9. The summed E-state index contributed by atoms with van der Waals surface area (Å²) in [4.78, 5) is 0. The molecular weight excluding hydrogens is 721 g/mol. The fraction of sp³-hybridized carbons (Fsp3) is 0.536. The minimum Gasteiger partial charge on any atom is -0.370 e. The van der Waals surface area contributed by atoms with Gasteiger partial charge in [-0.3, -0.25) is 0 Å². The summed E-state index contributed by atoms with van der Waals surface area (Å²) in [5.41, 5.74) is 13.2. The van der Waals surface area contributed by atoms with E-state index < -0.39 is 0 Å². The van der Waals surface area contributed by atoms with Crippen LogP contribution in [-0.2, 0) is 10.2 Å². The van der Waals surface area contributed by atoms with E-state index in [1.807, 2.05) is 0 Å². The van der Waals surface area contributed by atoms with Crippen molar-refractivity contribution in [1.82, 2.24) is 0 Å². The summed E-state index contributed by atoms with van der Waals surface area (Å²) in [5.74, 6) is 4.59. The minimum absolute atomic E-state index is 0.113. The van der Waals surface area contributed by atoms with Crippen molar-refractivity contribution in [2.24, 2.45) is 41.4 Å². The molecule has 2 saturated heterocycles. The molecule has 9 aliphatic carbocycles. The third-order valence-corrected chi connectivity index (χ3v) is 19.2. The second-order valence-electron chi connectivity index (χ2n) is 20.2. The number of hydrogen-bond donors (Lipinski definition) is 0. The molecule has 0 amide bonds. The molecule has 13 unspecified atom stereocenters. The van der Waals surface area contributed by atoms with Crippen LogP contribution >= 0.6 is 11.8 Å². The molecular formula is C56H64OS. The number of thioether (sulfide) groups is 1. The lowest BCUT2D eigenvalue weighted by Crippen LogP contribution is -2.61. The van der Waals surface area contributed by atoms with Crippen LogP contribution in [0.25, 0.3) is 6.08 Å². The van der Waals surface area contributed by atoms with Gasteiger partial charge in [0.2, 0.25) is 0 Å². The molecule has 1 saturated carbocycles. The molecule has 1 aromatic carbocycles. The molecule has 0 aromatic heterocycles. The van der Waals surface area contributed by atoms with Gasteiger partial charge in [0.25, 0.3) is 0 Å². The van der Waals surface area contributed by atoms with Crippen LogP contribution in [0.4, 0.5) is 0 Å². The molecule has 0 bridgehead atoms. The van der Waals surface area contributed by atoms with Crippen LogP contribution in [0.15, 0.2) is 131 Å². The predicted molar refractivity (Wildman–Crippen MR) is 244 cm³/mol. The highest BCUT2D eigenvalue weighted by atomic mass is 32.2. The molecule has 0 radical (unpaired) electrons. The lowest BCUT2D eigenvalue weighted by Gasteiger charge is -2.59. The lowest BCUT2D eigenvalue weighted by atomic mass is 9.49. The Labute approximate surface area is 353 Å². The average molecular weight is 785 g/mol. The molecule has 300 valence electrons. The minimum atomic E-state index is 0.113. The number of ether oxygens (including phenoxy) is 1. The summed E-state index contributed by atoms with van der Waals surface area (Å²) < 4.78 is 7.20. The zero-order chi connectivity index (χ0) is 38.2. The summed E-state index contributed by atoms with van der Waals surface area (Å²) in [6, 6.07) is 8.02. The largest absolute Gasteiger partial charge is 0.370 e. The summed E-state index contributed by atoms with van der Waals surface area (Å²) in [6.45, 7) is 0. The highest BCUT2D eigenvalue weighted by Crippen LogP contribution is 2.68. The van der Waals surface area contributed by atoms with Crippen molar-refractivity contribution in [3.05, 3.63) is 148 Å².